The Kier molecular flexibility index (Phi) is 2.98. The van der Waals surface area contributed by atoms with Gasteiger partial charge in [-0.15, -0.1) is 11.3 Å². The Morgan fingerprint density at radius 3 is 2.84 bits per heavy atom. The van der Waals surface area contributed by atoms with Crippen LogP contribution in [0.3, 0.4) is 0 Å². The zero-order chi connectivity index (χ0) is 13.4. The topological polar surface area (TPSA) is 56.7 Å². The van der Waals surface area contributed by atoms with Gasteiger partial charge in [-0.2, -0.15) is 0 Å². The Morgan fingerprint density at radius 2 is 2.16 bits per heavy atom. The minimum atomic E-state index is 0.585. The second kappa shape index (κ2) is 4.66. The van der Waals surface area contributed by atoms with E-state index in [-0.39, 0.29) is 0 Å². The first-order valence-electron chi connectivity index (χ1n) is 6.37. The summed E-state index contributed by atoms with van der Waals surface area (Å²) in [4.78, 5) is 9.08. The van der Waals surface area contributed by atoms with Crippen molar-refractivity contribution in [1.82, 2.24) is 14.5 Å². The first-order chi connectivity index (χ1) is 9.19. The minimum Gasteiger partial charge on any atom is -0.375 e. The number of aromatic nitrogens is 3. The van der Waals surface area contributed by atoms with Gasteiger partial charge < -0.3 is 10.3 Å². The van der Waals surface area contributed by atoms with E-state index in [1.807, 2.05) is 5.38 Å². The first kappa shape index (κ1) is 12.2. The standard InChI is InChI=1S/C14H16N4S/c1-3-6-18-12-5-4-9(2)7-10(12)16-13(18)11-8-19-14(15)17-11/h4-5,7-8H,3,6H2,1-2H3,(H2,15,17). The number of nitrogen functional groups attached to an aromatic ring is 1. The molecule has 0 fully saturated rings. The summed E-state index contributed by atoms with van der Waals surface area (Å²) in [7, 11) is 0. The van der Waals surface area contributed by atoms with Gasteiger partial charge in [0.1, 0.15) is 5.69 Å². The summed E-state index contributed by atoms with van der Waals surface area (Å²) in [6.07, 6.45) is 1.06. The minimum absolute atomic E-state index is 0.585. The number of hydrogen-bond donors (Lipinski definition) is 1. The van der Waals surface area contributed by atoms with Crippen LogP contribution in [0.5, 0.6) is 0 Å². The molecule has 0 aliphatic heterocycles. The monoisotopic (exact) mass is 272 g/mol. The zero-order valence-electron chi connectivity index (χ0n) is 11.1. The van der Waals surface area contributed by atoms with Crippen LogP contribution in [0.1, 0.15) is 18.9 Å². The molecule has 0 spiro atoms. The van der Waals surface area contributed by atoms with Crippen LogP contribution < -0.4 is 5.73 Å². The van der Waals surface area contributed by atoms with Crippen molar-refractivity contribution in [2.45, 2.75) is 26.8 Å². The van der Waals surface area contributed by atoms with Gasteiger partial charge >= 0.3 is 0 Å². The summed E-state index contributed by atoms with van der Waals surface area (Å²) < 4.78 is 2.23. The lowest BCUT2D eigenvalue weighted by Crippen LogP contribution is -2.00. The second-order valence-corrected chi connectivity index (χ2v) is 5.54. The Morgan fingerprint density at radius 1 is 1.32 bits per heavy atom. The molecule has 0 atom stereocenters. The van der Waals surface area contributed by atoms with Crippen LogP contribution in [-0.2, 0) is 6.54 Å². The fraction of sp³-hybridized carbons (Fsp3) is 0.286. The van der Waals surface area contributed by atoms with Gasteiger partial charge in [0.25, 0.3) is 0 Å². The molecule has 2 heterocycles. The molecule has 98 valence electrons. The van der Waals surface area contributed by atoms with E-state index in [0.29, 0.717) is 5.13 Å². The van der Waals surface area contributed by atoms with E-state index < -0.39 is 0 Å². The third-order valence-corrected chi connectivity index (χ3v) is 3.78. The van der Waals surface area contributed by atoms with E-state index in [1.165, 1.54) is 16.9 Å². The number of nitrogens with zero attached hydrogens (tertiary/aromatic N) is 3. The molecule has 2 N–H and O–H groups in total. The van der Waals surface area contributed by atoms with Gasteiger partial charge in [-0.25, -0.2) is 9.97 Å². The number of benzene rings is 1. The maximum atomic E-state index is 5.73. The van der Waals surface area contributed by atoms with Gasteiger partial charge in [0.2, 0.25) is 0 Å². The van der Waals surface area contributed by atoms with Crippen LogP contribution in [0.25, 0.3) is 22.6 Å². The number of thiazole rings is 1. The van der Waals surface area contributed by atoms with Gasteiger partial charge in [-0.1, -0.05) is 13.0 Å². The largest absolute Gasteiger partial charge is 0.375 e. The number of nitrogens with two attached hydrogens (primary N) is 1. The highest BCUT2D eigenvalue weighted by Crippen LogP contribution is 2.27. The van der Waals surface area contributed by atoms with E-state index in [4.69, 9.17) is 10.7 Å². The molecular weight excluding hydrogens is 256 g/mol. The van der Waals surface area contributed by atoms with Crippen molar-refractivity contribution in [3.63, 3.8) is 0 Å². The number of imidazole rings is 1. The molecular formula is C14H16N4S. The smallest absolute Gasteiger partial charge is 0.180 e. The quantitative estimate of drug-likeness (QED) is 0.794. The molecule has 4 nitrogen and oxygen atoms in total. The lowest BCUT2D eigenvalue weighted by molar-refractivity contribution is 0.703. The molecule has 3 rings (SSSR count). The Bertz CT molecular complexity index is 726. The van der Waals surface area contributed by atoms with Crippen molar-refractivity contribution in [2.24, 2.45) is 0 Å². The predicted octanol–water partition coefficient (Wildman–Crippen LogP) is 3.46. The number of hydrogen-bond acceptors (Lipinski definition) is 4. The van der Waals surface area contributed by atoms with Crippen molar-refractivity contribution >= 4 is 27.5 Å². The molecule has 19 heavy (non-hydrogen) atoms. The van der Waals surface area contributed by atoms with Gasteiger partial charge in [-0.3, -0.25) is 0 Å². The van der Waals surface area contributed by atoms with E-state index in [9.17, 15) is 0 Å². The summed E-state index contributed by atoms with van der Waals surface area (Å²) >= 11 is 1.45. The summed E-state index contributed by atoms with van der Waals surface area (Å²) in [5.41, 5.74) is 10.00. The van der Waals surface area contributed by atoms with Crippen LogP contribution in [0, 0.1) is 6.92 Å². The van der Waals surface area contributed by atoms with Gasteiger partial charge in [0.05, 0.1) is 11.0 Å². The molecule has 1 aromatic carbocycles. The lowest BCUT2D eigenvalue weighted by Gasteiger charge is -2.05. The zero-order valence-corrected chi connectivity index (χ0v) is 11.9. The summed E-state index contributed by atoms with van der Waals surface area (Å²) in [5.74, 6) is 0.912. The van der Waals surface area contributed by atoms with Crippen LogP contribution in [0.15, 0.2) is 23.6 Å². The molecule has 0 radical (unpaired) electrons. The highest BCUT2D eigenvalue weighted by Gasteiger charge is 2.14. The van der Waals surface area contributed by atoms with Crippen LogP contribution in [0.2, 0.25) is 0 Å². The normalized spacial score (nSPS) is 11.3. The van der Waals surface area contributed by atoms with Crippen molar-refractivity contribution in [3.05, 3.63) is 29.1 Å². The van der Waals surface area contributed by atoms with Gasteiger partial charge in [0, 0.05) is 11.9 Å². The van der Waals surface area contributed by atoms with E-state index >= 15 is 0 Å². The molecule has 0 aliphatic carbocycles. The van der Waals surface area contributed by atoms with Crippen molar-refractivity contribution in [1.29, 1.82) is 0 Å². The van der Waals surface area contributed by atoms with Crippen LogP contribution >= 0.6 is 11.3 Å². The van der Waals surface area contributed by atoms with E-state index in [1.54, 1.807) is 0 Å². The van der Waals surface area contributed by atoms with Crippen LogP contribution in [0.4, 0.5) is 5.13 Å². The number of aryl methyl sites for hydroxylation is 2. The number of anilines is 1. The molecule has 0 amide bonds. The summed E-state index contributed by atoms with van der Waals surface area (Å²) in [5, 5.41) is 2.55. The Balaban J connectivity index is 2.25. The predicted molar refractivity (Wildman–Crippen MR) is 80.3 cm³/mol. The number of fused-ring (bicyclic) bond motifs is 1. The average Bonchev–Trinajstić information content (AvgIpc) is 2.94. The fourth-order valence-corrected chi connectivity index (χ4v) is 2.82. The molecule has 0 saturated heterocycles. The molecule has 0 aliphatic rings. The summed E-state index contributed by atoms with van der Waals surface area (Å²) in [6.45, 7) is 5.18. The molecule has 0 bridgehead atoms. The fourth-order valence-electron chi connectivity index (χ4n) is 2.28. The van der Waals surface area contributed by atoms with Crippen molar-refractivity contribution in [3.8, 4) is 11.5 Å². The van der Waals surface area contributed by atoms with Gasteiger partial charge in [-0.05, 0) is 31.0 Å². The molecule has 3 aromatic rings. The maximum Gasteiger partial charge on any atom is 0.180 e. The van der Waals surface area contributed by atoms with Crippen LogP contribution in [-0.4, -0.2) is 14.5 Å². The lowest BCUT2D eigenvalue weighted by atomic mass is 10.2. The molecule has 0 unspecified atom stereocenters. The highest BCUT2D eigenvalue weighted by atomic mass is 32.1. The maximum absolute atomic E-state index is 5.73. The van der Waals surface area contributed by atoms with Gasteiger partial charge in [0.15, 0.2) is 11.0 Å². The molecule has 5 heteroatoms. The van der Waals surface area contributed by atoms with E-state index in [0.717, 1.165) is 35.5 Å². The average molecular weight is 272 g/mol. The summed E-state index contributed by atoms with van der Waals surface area (Å²) in [6, 6.07) is 6.36. The highest BCUT2D eigenvalue weighted by molar-refractivity contribution is 7.13. The Labute approximate surface area is 115 Å². The Hall–Kier alpha value is -1.88. The van der Waals surface area contributed by atoms with E-state index in [2.05, 4.69) is 41.6 Å². The third kappa shape index (κ3) is 2.10. The number of rotatable bonds is 3. The first-order valence-corrected chi connectivity index (χ1v) is 7.25. The third-order valence-electron chi connectivity index (χ3n) is 3.10. The SMILES string of the molecule is CCCn1c(-c2csc(N)n2)nc2cc(C)ccc21. The molecule has 2 aromatic heterocycles. The second-order valence-electron chi connectivity index (χ2n) is 4.65. The van der Waals surface area contributed by atoms with Crippen molar-refractivity contribution in [2.75, 3.05) is 5.73 Å². The van der Waals surface area contributed by atoms with Crippen molar-refractivity contribution < 1.29 is 0 Å². The molecule has 0 saturated carbocycles.